The molecule has 0 spiro atoms. The Morgan fingerprint density at radius 2 is 1.90 bits per heavy atom. The zero-order valence-corrected chi connectivity index (χ0v) is 17.7. The number of carbonyl (C=O) groups excluding carboxylic acids is 2. The third kappa shape index (κ3) is 4.49. The topological polar surface area (TPSA) is 88.2 Å². The van der Waals surface area contributed by atoms with Crippen LogP contribution in [0.5, 0.6) is 0 Å². The molecule has 0 amide bonds. The van der Waals surface area contributed by atoms with E-state index in [2.05, 4.69) is 14.6 Å². The predicted octanol–water partition coefficient (Wildman–Crippen LogP) is 3.07. The van der Waals surface area contributed by atoms with Crippen LogP contribution >= 0.6 is 0 Å². The Balaban J connectivity index is 1.66. The zero-order chi connectivity index (χ0) is 21.7. The van der Waals surface area contributed by atoms with Crippen molar-refractivity contribution in [2.45, 2.75) is 33.7 Å². The maximum Gasteiger partial charge on any atom is 0.342 e. The monoisotopic (exact) mass is 410 g/mol. The molecule has 0 N–H and O–H groups in total. The lowest BCUT2D eigenvalue weighted by molar-refractivity contribution is 0.0473. The summed E-state index contributed by atoms with van der Waals surface area (Å²) in [5, 5.41) is 4.21. The van der Waals surface area contributed by atoms with Crippen molar-refractivity contribution in [3.05, 3.63) is 64.9 Å². The molecule has 30 heavy (non-hydrogen) atoms. The Hall–Kier alpha value is -3.26. The molecule has 8 nitrogen and oxygen atoms in total. The summed E-state index contributed by atoms with van der Waals surface area (Å²) in [6.07, 6.45) is 3.94. The molecule has 0 aliphatic carbocycles. The lowest BCUT2D eigenvalue weighted by atomic mass is 10.1. The van der Waals surface area contributed by atoms with Crippen molar-refractivity contribution in [3.63, 3.8) is 0 Å². The van der Waals surface area contributed by atoms with Gasteiger partial charge in [-0.1, -0.05) is 6.07 Å². The van der Waals surface area contributed by atoms with Crippen molar-refractivity contribution < 1.29 is 19.1 Å². The molecule has 0 aromatic carbocycles. The molecular formula is C22H26N4O4. The summed E-state index contributed by atoms with van der Waals surface area (Å²) < 4.78 is 14.0. The van der Waals surface area contributed by atoms with E-state index in [1.807, 2.05) is 26.0 Å². The minimum Gasteiger partial charge on any atom is -0.454 e. The number of hydrogen-bond acceptors (Lipinski definition) is 6. The van der Waals surface area contributed by atoms with Crippen LogP contribution in [0.15, 0.2) is 36.7 Å². The van der Waals surface area contributed by atoms with E-state index >= 15 is 0 Å². The SMILES string of the molecule is COCCCn1c(C)cc(C(=O)COC(=O)c2cnn(-c3ccccn3)c2C)c1C. The maximum atomic E-state index is 12.7. The molecule has 3 heterocycles. The van der Waals surface area contributed by atoms with Gasteiger partial charge in [0.2, 0.25) is 5.78 Å². The summed E-state index contributed by atoms with van der Waals surface area (Å²) in [7, 11) is 1.67. The lowest BCUT2D eigenvalue weighted by Crippen LogP contribution is -2.16. The van der Waals surface area contributed by atoms with Crippen LogP contribution in [0.3, 0.4) is 0 Å². The number of esters is 1. The fraction of sp³-hybridized carbons (Fsp3) is 0.364. The molecule has 0 unspecified atom stereocenters. The van der Waals surface area contributed by atoms with Crippen molar-refractivity contribution in [1.82, 2.24) is 19.3 Å². The molecule has 0 bridgehead atoms. The average molecular weight is 410 g/mol. The van der Waals surface area contributed by atoms with Crippen LogP contribution in [0.4, 0.5) is 0 Å². The van der Waals surface area contributed by atoms with E-state index in [4.69, 9.17) is 9.47 Å². The number of rotatable bonds is 9. The number of pyridine rings is 1. The molecule has 0 aliphatic rings. The van der Waals surface area contributed by atoms with Gasteiger partial charge in [-0.25, -0.2) is 14.5 Å². The second kappa shape index (κ2) is 9.49. The van der Waals surface area contributed by atoms with Crippen molar-refractivity contribution >= 4 is 11.8 Å². The summed E-state index contributed by atoms with van der Waals surface area (Å²) in [5.41, 5.74) is 3.33. The number of ether oxygens (including phenoxy) is 2. The molecular weight excluding hydrogens is 384 g/mol. The van der Waals surface area contributed by atoms with Crippen LogP contribution in [0, 0.1) is 20.8 Å². The van der Waals surface area contributed by atoms with Gasteiger partial charge in [-0.3, -0.25) is 4.79 Å². The fourth-order valence-electron chi connectivity index (χ4n) is 3.40. The van der Waals surface area contributed by atoms with Gasteiger partial charge in [0.1, 0.15) is 5.56 Å². The van der Waals surface area contributed by atoms with Crippen LogP contribution in [0.1, 0.15) is 44.2 Å². The Bertz CT molecular complexity index is 1040. The Labute approximate surface area is 175 Å². The van der Waals surface area contributed by atoms with E-state index in [0.29, 0.717) is 29.2 Å². The van der Waals surface area contributed by atoms with Gasteiger partial charge < -0.3 is 14.0 Å². The quantitative estimate of drug-likeness (QED) is 0.306. The third-order valence-corrected chi connectivity index (χ3v) is 5.03. The van der Waals surface area contributed by atoms with Crippen molar-refractivity contribution in [2.24, 2.45) is 0 Å². The first-order valence-corrected chi connectivity index (χ1v) is 9.76. The van der Waals surface area contributed by atoms with E-state index in [9.17, 15) is 9.59 Å². The van der Waals surface area contributed by atoms with Gasteiger partial charge in [-0.15, -0.1) is 0 Å². The van der Waals surface area contributed by atoms with Gasteiger partial charge in [-0.05, 0) is 45.4 Å². The fourth-order valence-corrected chi connectivity index (χ4v) is 3.40. The molecule has 8 heteroatoms. The number of aromatic nitrogens is 4. The Morgan fingerprint density at radius 1 is 1.10 bits per heavy atom. The van der Waals surface area contributed by atoms with E-state index in [1.54, 1.807) is 37.0 Å². The predicted molar refractivity (Wildman–Crippen MR) is 111 cm³/mol. The van der Waals surface area contributed by atoms with Gasteiger partial charge in [0.15, 0.2) is 12.4 Å². The normalized spacial score (nSPS) is 10.9. The van der Waals surface area contributed by atoms with E-state index in [-0.39, 0.29) is 12.4 Å². The lowest BCUT2D eigenvalue weighted by Gasteiger charge is -2.09. The molecule has 0 fully saturated rings. The van der Waals surface area contributed by atoms with Crippen LogP contribution in [-0.2, 0) is 16.0 Å². The molecule has 0 saturated heterocycles. The minimum absolute atomic E-state index is 0.232. The Morgan fingerprint density at radius 3 is 2.60 bits per heavy atom. The number of ketones is 1. The summed E-state index contributed by atoms with van der Waals surface area (Å²) in [4.78, 5) is 29.4. The van der Waals surface area contributed by atoms with Gasteiger partial charge in [0, 0.05) is 43.4 Å². The average Bonchev–Trinajstić information content (AvgIpc) is 3.27. The highest BCUT2D eigenvalue weighted by Crippen LogP contribution is 2.18. The minimum atomic E-state index is -0.586. The second-order valence-corrected chi connectivity index (χ2v) is 7.03. The number of aryl methyl sites for hydroxylation is 1. The van der Waals surface area contributed by atoms with Gasteiger partial charge in [0.05, 0.1) is 11.9 Å². The van der Waals surface area contributed by atoms with Crippen molar-refractivity contribution in [1.29, 1.82) is 0 Å². The zero-order valence-electron chi connectivity index (χ0n) is 17.7. The van der Waals surface area contributed by atoms with Crippen molar-refractivity contribution in [3.8, 4) is 5.82 Å². The summed E-state index contributed by atoms with van der Waals surface area (Å²) in [5.74, 6) is -0.216. The third-order valence-electron chi connectivity index (χ3n) is 5.03. The molecule has 3 aromatic rings. The van der Waals surface area contributed by atoms with Crippen LogP contribution in [-0.4, -0.2) is 51.4 Å². The maximum absolute atomic E-state index is 12.7. The molecule has 3 aromatic heterocycles. The van der Waals surface area contributed by atoms with Gasteiger partial charge in [-0.2, -0.15) is 5.10 Å². The number of carbonyl (C=O) groups is 2. The molecule has 3 rings (SSSR count). The second-order valence-electron chi connectivity index (χ2n) is 7.03. The van der Waals surface area contributed by atoms with Crippen molar-refractivity contribution in [2.75, 3.05) is 20.3 Å². The number of nitrogens with zero attached hydrogens (tertiary/aromatic N) is 4. The van der Waals surface area contributed by atoms with Crippen LogP contribution in [0.2, 0.25) is 0 Å². The first-order chi connectivity index (χ1) is 14.4. The Kier molecular flexibility index (Phi) is 6.79. The highest BCUT2D eigenvalue weighted by Gasteiger charge is 2.20. The van der Waals surface area contributed by atoms with Gasteiger partial charge in [0.25, 0.3) is 0 Å². The van der Waals surface area contributed by atoms with E-state index in [1.165, 1.54) is 6.20 Å². The smallest absolute Gasteiger partial charge is 0.342 e. The van der Waals surface area contributed by atoms with Crippen LogP contribution < -0.4 is 0 Å². The van der Waals surface area contributed by atoms with E-state index < -0.39 is 5.97 Å². The summed E-state index contributed by atoms with van der Waals surface area (Å²) >= 11 is 0. The molecule has 0 atom stereocenters. The molecule has 158 valence electrons. The first kappa shape index (κ1) is 21.4. The molecule has 0 aliphatic heterocycles. The number of Topliss-reactive ketones (excluding diaryl/α,β-unsaturated/α-hetero) is 1. The molecule has 0 saturated carbocycles. The first-order valence-electron chi connectivity index (χ1n) is 9.76. The number of methoxy groups -OCH3 is 1. The highest BCUT2D eigenvalue weighted by molar-refractivity contribution is 6.00. The van der Waals surface area contributed by atoms with Gasteiger partial charge >= 0.3 is 5.97 Å². The largest absolute Gasteiger partial charge is 0.454 e. The van der Waals surface area contributed by atoms with Crippen LogP contribution in [0.25, 0.3) is 5.82 Å². The highest BCUT2D eigenvalue weighted by atomic mass is 16.5. The number of hydrogen-bond donors (Lipinski definition) is 0. The summed E-state index contributed by atoms with van der Waals surface area (Å²) in [6, 6.07) is 7.27. The molecule has 0 radical (unpaired) electrons. The van der Waals surface area contributed by atoms with E-state index in [0.717, 1.165) is 24.4 Å². The standard InChI is InChI=1S/C22H26N4O4/c1-15-12-18(16(2)25(15)10-7-11-29-4)20(27)14-30-22(28)19-13-24-26(17(19)3)21-8-5-6-9-23-21/h5-6,8-9,12-13H,7,10-11,14H2,1-4H3. The summed E-state index contributed by atoms with van der Waals surface area (Å²) in [6.45, 7) is 6.71.